The Morgan fingerprint density at radius 1 is 1.27 bits per heavy atom. The molecule has 0 spiro atoms. The molecule has 86 valence electrons. The normalized spacial score (nSPS) is 6.60. The molecule has 0 fully saturated rings. The summed E-state index contributed by atoms with van der Waals surface area (Å²) in [6, 6.07) is 0. The number of aliphatic carboxylic acids is 1. The highest BCUT2D eigenvalue weighted by Crippen LogP contribution is 1.98. The van der Waals surface area contributed by atoms with Gasteiger partial charge < -0.3 is 9.84 Å². The zero-order valence-corrected chi connectivity index (χ0v) is 9.72. The Bertz CT molecular complexity index is 232. The highest BCUT2D eigenvalue weighted by atomic mass is 35.5. The van der Waals surface area contributed by atoms with Crippen LogP contribution in [0.2, 0.25) is 0 Å². The van der Waals surface area contributed by atoms with Crippen LogP contribution < -0.4 is 0 Å². The minimum atomic E-state index is -0.981. The lowest BCUT2D eigenvalue weighted by Gasteiger charge is -1.83. The summed E-state index contributed by atoms with van der Waals surface area (Å²) in [4.78, 5) is 19.1. The van der Waals surface area contributed by atoms with E-state index >= 15 is 0 Å². The van der Waals surface area contributed by atoms with Gasteiger partial charge in [0.25, 0.3) is 0 Å². The smallest absolute Gasteiger partial charge is 0.329 e. The van der Waals surface area contributed by atoms with Gasteiger partial charge in [-0.3, -0.25) is 0 Å². The molecule has 0 aliphatic heterocycles. The summed E-state index contributed by atoms with van der Waals surface area (Å²) in [7, 11) is 1.31. The van der Waals surface area contributed by atoms with E-state index in [4.69, 9.17) is 28.3 Å². The van der Waals surface area contributed by atoms with E-state index in [2.05, 4.69) is 24.5 Å². The molecule has 0 amide bonds. The zero-order valence-electron chi connectivity index (χ0n) is 8.20. The molecule has 0 radical (unpaired) electrons. The molecule has 0 aliphatic rings. The molecular formula is C9H12Cl2O4. The van der Waals surface area contributed by atoms with Gasteiger partial charge in [0.05, 0.1) is 11.6 Å². The van der Waals surface area contributed by atoms with Gasteiger partial charge in [-0.05, 0) is 0 Å². The van der Waals surface area contributed by atoms with Crippen molar-refractivity contribution < 1.29 is 19.4 Å². The Morgan fingerprint density at radius 2 is 1.53 bits per heavy atom. The van der Waals surface area contributed by atoms with Gasteiger partial charge >= 0.3 is 11.9 Å². The first-order chi connectivity index (χ1) is 6.81. The molecule has 0 heterocycles. The van der Waals surface area contributed by atoms with Crippen molar-refractivity contribution >= 4 is 35.1 Å². The molecule has 0 atom stereocenters. The van der Waals surface area contributed by atoms with Gasteiger partial charge in [-0.15, -0.1) is 0 Å². The molecule has 0 aliphatic carbocycles. The fraction of sp³-hybridized carbons (Fsp3) is 0.111. The number of carboxylic acids is 1. The van der Waals surface area contributed by atoms with Gasteiger partial charge in [0.2, 0.25) is 0 Å². The molecule has 6 heteroatoms. The molecule has 0 saturated carbocycles. The highest BCUT2D eigenvalue weighted by Gasteiger charge is 1.81. The van der Waals surface area contributed by atoms with Crippen molar-refractivity contribution in [2.24, 2.45) is 0 Å². The van der Waals surface area contributed by atoms with Crippen LogP contribution >= 0.6 is 23.2 Å². The molecule has 0 saturated heterocycles. The maximum Gasteiger partial charge on any atom is 0.329 e. The van der Waals surface area contributed by atoms with Crippen molar-refractivity contribution in [2.75, 3.05) is 7.11 Å². The van der Waals surface area contributed by atoms with Crippen LogP contribution in [-0.4, -0.2) is 24.2 Å². The lowest BCUT2D eigenvalue weighted by Crippen LogP contribution is -1.91. The van der Waals surface area contributed by atoms with Crippen LogP contribution in [0.4, 0.5) is 0 Å². The van der Waals surface area contributed by atoms with E-state index in [0.29, 0.717) is 0 Å². The number of hydrogen-bond acceptors (Lipinski definition) is 3. The molecule has 0 aromatic rings. The number of esters is 1. The van der Waals surface area contributed by atoms with E-state index < -0.39 is 11.9 Å². The van der Waals surface area contributed by atoms with Crippen molar-refractivity contribution in [3.8, 4) is 0 Å². The van der Waals surface area contributed by atoms with E-state index in [9.17, 15) is 9.59 Å². The van der Waals surface area contributed by atoms with E-state index in [1.165, 1.54) is 7.11 Å². The predicted molar refractivity (Wildman–Crippen MR) is 60.9 cm³/mol. The van der Waals surface area contributed by atoms with Gasteiger partial charge in [0, 0.05) is 12.2 Å². The number of ether oxygens (including phenoxy) is 1. The van der Waals surface area contributed by atoms with Crippen molar-refractivity contribution in [1.82, 2.24) is 0 Å². The third kappa shape index (κ3) is 65.4. The molecule has 0 rings (SSSR count). The Kier molecular flexibility index (Phi) is 19.6. The molecule has 1 N–H and O–H groups in total. The van der Waals surface area contributed by atoms with Crippen LogP contribution in [-0.2, 0) is 14.3 Å². The Hall–Kier alpha value is -1.26. The monoisotopic (exact) mass is 254 g/mol. The number of methoxy groups -OCH3 is 1. The van der Waals surface area contributed by atoms with E-state index in [-0.39, 0.29) is 4.49 Å². The summed E-state index contributed by atoms with van der Waals surface area (Å²) in [5.41, 5.74) is 0. The van der Waals surface area contributed by atoms with Crippen LogP contribution in [0.3, 0.4) is 0 Å². The fourth-order valence-electron chi connectivity index (χ4n) is 0.0833. The topological polar surface area (TPSA) is 63.6 Å². The second kappa shape index (κ2) is 15.2. The molecule has 0 unspecified atom stereocenters. The average Bonchev–Trinajstić information content (AvgIpc) is 2.16. The van der Waals surface area contributed by atoms with Crippen LogP contribution in [0.15, 0.2) is 36.4 Å². The molecule has 0 bridgehead atoms. The maximum absolute atomic E-state index is 9.84. The summed E-state index contributed by atoms with van der Waals surface area (Å²) in [6.07, 6.45) is 1.94. The van der Waals surface area contributed by atoms with E-state index in [1.807, 2.05) is 0 Å². The van der Waals surface area contributed by atoms with Gasteiger partial charge in [-0.2, -0.15) is 0 Å². The standard InChI is InChI=1S/C4H6O2.C3H4O2.C2H2Cl2/c1-3-4(5)6-2;1-2-3(4)5;1-2(3)4/h3H,1H2,2H3;2H,1H2,(H,4,5);1H2. The maximum atomic E-state index is 9.84. The van der Waals surface area contributed by atoms with Crippen LogP contribution in [0, 0.1) is 0 Å². The quantitative estimate of drug-likeness (QED) is 0.608. The van der Waals surface area contributed by atoms with Crippen molar-refractivity contribution in [3.63, 3.8) is 0 Å². The predicted octanol–water partition coefficient (Wildman–Crippen LogP) is 2.54. The Morgan fingerprint density at radius 3 is 1.53 bits per heavy atom. The zero-order chi connectivity index (χ0) is 12.9. The van der Waals surface area contributed by atoms with Crippen molar-refractivity contribution in [1.29, 1.82) is 0 Å². The van der Waals surface area contributed by atoms with Gasteiger partial charge in [-0.1, -0.05) is 42.9 Å². The summed E-state index contributed by atoms with van der Waals surface area (Å²) in [5.74, 6) is -1.37. The minimum Gasteiger partial charge on any atom is -0.478 e. The molecule has 0 aromatic heterocycles. The summed E-state index contributed by atoms with van der Waals surface area (Å²) in [5, 5.41) is 7.60. The van der Waals surface area contributed by atoms with Gasteiger partial charge in [-0.25, -0.2) is 9.59 Å². The largest absolute Gasteiger partial charge is 0.478 e. The van der Waals surface area contributed by atoms with Gasteiger partial charge in [0.1, 0.15) is 0 Å². The number of hydrogen-bond donors (Lipinski definition) is 1. The van der Waals surface area contributed by atoms with E-state index in [1.54, 1.807) is 0 Å². The third-order valence-corrected chi connectivity index (χ3v) is 0.542. The first kappa shape index (κ1) is 19.3. The summed E-state index contributed by atoms with van der Waals surface area (Å²) in [6.45, 7) is 9.20. The third-order valence-electron chi connectivity index (χ3n) is 0.542. The number of carboxylic acid groups (broad SMARTS) is 1. The van der Waals surface area contributed by atoms with Crippen LogP contribution in [0.25, 0.3) is 0 Å². The number of carbonyl (C=O) groups excluding carboxylic acids is 1. The van der Waals surface area contributed by atoms with Crippen molar-refractivity contribution in [3.05, 3.63) is 36.4 Å². The minimum absolute atomic E-state index is 0.111. The molecule has 4 nitrogen and oxygen atoms in total. The molecular weight excluding hydrogens is 243 g/mol. The van der Waals surface area contributed by atoms with E-state index in [0.717, 1.165) is 12.2 Å². The fourth-order valence-corrected chi connectivity index (χ4v) is 0.0833. The first-order valence-electron chi connectivity index (χ1n) is 3.37. The van der Waals surface area contributed by atoms with Crippen molar-refractivity contribution in [2.45, 2.75) is 0 Å². The average molecular weight is 255 g/mol. The Labute approximate surface area is 98.4 Å². The van der Waals surface area contributed by atoms with Crippen LogP contribution in [0.5, 0.6) is 0 Å². The van der Waals surface area contributed by atoms with Gasteiger partial charge in [0.15, 0.2) is 0 Å². The lowest BCUT2D eigenvalue weighted by molar-refractivity contribution is -0.135. The summed E-state index contributed by atoms with van der Waals surface area (Å²) < 4.78 is 4.25. The number of halogens is 2. The molecule has 15 heavy (non-hydrogen) atoms. The number of carbonyl (C=O) groups is 2. The number of rotatable bonds is 2. The Balaban J connectivity index is -0.000000147. The lowest BCUT2D eigenvalue weighted by atomic mass is 10.7. The second-order valence-corrected chi connectivity index (χ2v) is 2.71. The highest BCUT2D eigenvalue weighted by molar-refractivity contribution is 6.55. The first-order valence-corrected chi connectivity index (χ1v) is 4.13. The second-order valence-electron chi connectivity index (χ2n) is 1.61. The summed E-state index contributed by atoms with van der Waals surface area (Å²) >= 11 is 9.69. The SMILES string of the molecule is C=C(Cl)Cl.C=CC(=O)O.C=CC(=O)OC. The molecule has 0 aromatic carbocycles. The van der Waals surface area contributed by atoms with Crippen LogP contribution in [0.1, 0.15) is 0 Å².